The first-order valence-corrected chi connectivity index (χ1v) is 7.15. The molecule has 4 atom stereocenters. The van der Waals surface area contributed by atoms with E-state index in [9.17, 15) is 4.79 Å². The number of nitrogens with zero attached hydrogens (tertiary/aromatic N) is 2. The van der Waals surface area contributed by atoms with Gasteiger partial charge in [0.1, 0.15) is 12.1 Å². The smallest absolute Gasteiger partial charge is 0.216 e. The number of hydrogen-bond donors (Lipinski definition) is 0. The zero-order valence-electron chi connectivity index (χ0n) is 11.1. The molecule has 1 aromatic rings. The lowest BCUT2D eigenvalue weighted by molar-refractivity contribution is -0.120. The Kier molecular flexibility index (Phi) is 2.41. The van der Waals surface area contributed by atoms with Crippen molar-refractivity contribution in [2.45, 2.75) is 25.7 Å². The minimum absolute atomic E-state index is 0.340. The minimum atomic E-state index is 0.340. The maximum atomic E-state index is 12.4. The Balaban J connectivity index is 1.45. The van der Waals surface area contributed by atoms with E-state index in [1.165, 1.54) is 25.6 Å². The highest BCUT2D eigenvalue weighted by Gasteiger charge is 2.66. The Bertz CT molecular complexity index is 515. The molecule has 100 valence electrons. The molecule has 0 N–H and O–H groups in total. The Morgan fingerprint density at radius 3 is 2.74 bits per heavy atom. The van der Waals surface area contributed by atoms with Crippen LogP contribution in [0.25, 0.3) is 0 Å². The molecule has 4 unspecified atom stereocenters. The highest BCUT2D eigenvalue weighted by atomic mass is 16.5. The second-order valence-corrected chi connectivity index (χ2v) is 6.21. The lowest BCUT2D eigenvalue weighted by Gasteiger charge is -2.07. The van der Waals surface area contributed by atoms with Gasteiger partial charge in [-0.2, -0.15) is 0 Å². The van der Waals surface area contributed by atoms with Gasteiger partial charge in [-0.3, -0.25) is 4.79 Å². The fourth-order valence-corrected chi connectivity index (χ4v) is 4.64. The minimum Gasteiger partial charge on any atom is -0.481 e. The molecule has 2 bridgehead atoms. The summed E-state index contributed by atoms with van der Waals surface area (Å²) in [5, 5.41) is 0. The van der Waals surface area contributed by atoms with Crippen molar-refractivity contribution in [1.82, 2.24) is 9.97 Å². The largest absolute Gasteiger partial charge is 0.481 e. The van der Waals surface area contributed by atoms with Crippen LogP contribution in [0.1, 0.15) is 25.0 Å². The van der Waals surface area contributed by atoms with Gasteiger partial charge in [0.2, 0.25) is 5.88 Å². The van der Waals surface area contributed by atoms with Crippen molar-refractivity contribution in [3.63, 3.8) is 0 Å². The molecule has 1 heterocycles. The molecule has 3 aliphatic rings. The lowest BCUT2D eigenvalue weighted by atomic mass is 9.98. The average molecular weight is 258 g/mol. The molecule has 0 spiro atoms. The normalized spacial score (nSPS) is 38.1. The number of carbonyl (C=O) groups is 1. The standard InChI is InChI=1S/C15H18N2O2/c1-19-12-6-10(16-7-17-12)5-11(18)15-13-8-2-3-9(4-8)14(13)15/h6-9,13-15H,2-5H2,1H3. The SMILES string of the molecule is COc1cc(CC(=O)C2C3C4CCC(C4)C23)ncn1. The molecule has 0 aliphatic heterocycles. The van der Waals surface area contributed by atoms with Crippen molar-refractivity contribution in [1.29, 1.82) is 0 Å². The van der Waals surface area contributed by atoms with Crippen molar-refractivity contribution in [2.75, 3.05) is 7.11 Å². The summed E-state index contributed by atoms with van der Waals surface area (Å²) in [6, 6.07) is 1.77. The topological polar surface area (TPSA) is 52.1 Å². The van der Waals surface area contributed by atoms with E-state index in [0.717, 1.165) is 29.4 Å². The number of aromatic nitrogens is 2. The number of Topliss-reactive ketones (excluding diaryl/α,β-unsaturated/α-hetero) is 1. The summed E-state index contributed by atoms with van der Waals surface area (Å²) >= 11 is 0. The number of carbonyl (C=O) groups excluding carboxylic acids is 1. The number of fused-ring (bicyclic) bond motifs is 5. The van der Waals surface area contributed by atoms with Crippen LogP contribution in [0.3, 0.4) is 0 Å². The number of rotatable bonds is 4. The van der Waals surface area contributed by atoms with Crippen LogP contribution in [0.15, 0.2) is 12.4 Å². The van der Waals surface area contributed by atoms with Crippen molar-refractivity contribution >= 4 is 5.78 Å². The average Bonchev–Trinajstić information content (AvgIpc) is 2.88. The molecule has 4 rings (SSSR count). The van der Waals surface area contributed by atoms with Crippen molar-refractivity contribution in [2.24, 2.45) is 29.6 Å². The molecule has 4 nitrogen and oxygen atoms in total. The van der Waals surface area contributed by atoms with Crippen LogP contribution >= 0.6 is 0 Å². The second kappa shape index (κ2) is 4.02. The van der Waals surface area contributed by atoms with Crippen LogP contribution in [-0.2, 0) is 11.2 Å². The highest BCUT2D eigenvalue weighted by Crippen LogP contribution is 2.69. The van der Waals surface area contributed by atoms with Crippen LogP contribution in [0, 0.1) is 29.6 Å². The molecule has 0 radical (unpaired) electrons. The molecule has 4 heteroatoms. The van der Waals surface area contributed by atoms with Crippen molar-refractivity contribution < 1.29 is 9.53 Å². The predicted octanol–water partition coefficient (Wildman–Crippen LogP) is 1.89. The molecule has 0 saturated heterocycles. The summed E-state index contributed by atoms with van der Waals surface area (Å²) < 4.78 is 5.07. The molecule has 3 fully saturated rings. The van der Waals surface area contributed by atoms with Gasteiger partial charge in [0.25, 0.3) is 0 Å². The highest BCUT2D eigenvalue weighted by molar-refractivity contribution is 5.86. The van der Waals surface area contributed by atoms with E-state index in [2.05, 4.69) is 9.97 Å². The number of hydrogen-bond acceptors (Lipinski definition) is 4. The van der Waals surface area contributed by atoms with Gasteiger partial charge in [0, 0.05) is 18.4 Å². The van der Waals surface area contributed by atoms with Crippen LogP contribution < -0.4 is 4.74 Å². The fourth-order valence-electron chi connectivity index (χ4n) is 4.64. The van der Waals surface area contributed by atoms with E-state index in [1.54, 1.807) is 13.2 Å². The Hall–Kier alpha value is -1.45. The monoisotopic (exact) mass is 258 g/mol. The summed E-state index contributed by atoms with van der Waals surface area (Å²) in [4.78, 5) is 20.6. The van der Waals surface area contributed by atoms with Crippen LogP contribution in [-0.4, -0.2) is 22.9 Å². The Morgan fingerprint density at radius 1 is 1.32 bits per heavy atom. The lowest BCUT2D eigenvalue weighted by Crippen LogP contribution is -2.13. The zero-order valence-corrected chi connectivity index (χ0v) is 11.1. The maximum Gasteiger partial charge on any atom is 0.216 e. The fraction of sp³-hybridized carbons (Fsp3) is 0.667. The van der Waals surface area contributed by atoms with E-state index in [4.69, 9.17) is 4.74 Å². The molecular formula is C15H18N2O2. The first-order chi connectivity index (χ1) is 9.28. The van der Waals surface area contributed by atoms with Crippen molar-refractivity contribution in [3.8, 4) is 5.88 Å². The summed E-state index contributed by atoms with van der Waals surface area (Å²) in [5.74, 6) is 4.39. The van der Waals surface area contributed by atoms with Gasteiger partial charge >= 0.3 is 0 Å². The van der Waals surface area contributed by atoms with Gasteiger partial charge in [-0.05, 0) is 42.9 Å². The third-order valence-electron chi connectivity index (χ3n) is 5.37. The van der Waals surface area contributed by atoms with Crippen molar-refractivity contribution in [3.05, 3.63) is 18.1 Å². The second-order valence-electron chi connectivity index (χ2n) is 6.21. The quantitative estimate of drug-likeness (QED) is 0.827. The molecule has 3 saturated carbocycles. The van der Waals surface area contributed by atoms with E-state index in [-0.39, 0.29) is 0 Å². The maximum absolute atomic E-state index is 12.4. The molecule has 19 heavy (non-hydrogen) atoms. The number of ether oxygens (including phenoxy) is 1. The zero-order chi connectivity index (χ0) is 13.0. The van der Waals surface area contributed by atoms with Crippen LogP contribution in [0.5, 0.6) is 5.88 Å². The van der Waals surface area contributed by atoms with Crippen LogP contribution in [0.2, 0.25) is 0 Å². The Labute approximate surface area is 112 Å². The van der Waals surface area contributed by atoms with E-state index < -0.39 is 0 Å². The molecule has 3 aliphatic carbocycles. The third kappa shape index (κ3) is 1.69. The molecule has 0 aromatic carbocycles. The molecular weight excluding hydrogens is 240 g/mol. The Morgan fingerprint density at radius 2 is 2.05 bits per heavy atom. The summed E-state index contributed by atoms with van der Waals surface area (Å²) in [6.45, 7) is 0. The van der Waals surface area contributed by atoms with E-state index >= 15 is 0 Å². The predicted molar refractivity (Wildman–Crippen MR) is 68.6 cm³/mol. The third-order valence-corrected chi connectivity index (χ3v) is 5.37. The summed E-state index contributed by atoms with van der Waals surface area (Å²) in [5.41, 5.74) is 0.786. The van der Waals surface area contributed by atoms with E-state index in [0.29, 0.717) is 24.0 Å². The first kappa shape index (κ1) is 11.4. The van der Waals surface area contributed by atoms with Gasteiger partial charge in [0.05, 0.1) is 12.8 Å². The van der Waals surface area contributed by atoms with Gasteiger partial charge in [-0.15, -0.1) is 0 Å². The van der Waals surface area contributed by atoms with Gasteiger partial charge in [-0.1, -0.05) is 0 Å². The number of methoxy groups -OCH3 is 1. The summed E-state index contributed by atoms with van der Waals surface area (Å²) in [6.07, 6.45) is 6.02. The molecule has 0 amide bonds. The van der Waals surface area contributed by atoms with E-state index in [1.807, 2.05) is 0 Å². The van der Waals surface area contributed by atoms with Gasteiger partial charge < -0.3 is 4.74 Å². The molecule has 1 aromatic heterocycles. The van der Waals surface area contributed by atoms with Gasteiger partial charge in [-0.25, -0.2) is 9.97 Å². The summed E-state index contributed by atoms with van der Waals surface area (Å²) in [7, 11) is 1.58. The van der Waals surface area contributed by atoms with Crippen LogP contribution in [0.4, 0.5) is 0 Å². The van der Waals surface area contributed by atoms with Gasteiger partial charge in [0.15, 0.2) is 0 Å². The number of ketones is 1. The first-order valence-electron chi connectivity index (χ1n) is 7.15.